The molecular weight excluding hydrogens is 172 g/mol. The Kier molecular flexibility index (Phi) is 3.28. The molecule has 0 spiro atoms. The maximum atomic E-state index is 7.94. The van der Waals surface area contributed by atoms with Gasteiger partial charge in [0.15, 0.2) is 0 Å². The summed E-state index contributed by atoms with van der Waals surface area (Å²) in [4.78, 5) is 1.83. The first-order valence-corrected chi connectivity index (χ1v) is 4.89. The first-order valence-electron chi connectivity index (χ1n) is 4.89. The van der Waals surface area contributed by atoms with Gasteiger partial charge in [-0.3, -0.25) is 5.41 Å². The zero-order valence-electron chi connectivity index (χ0n) is 9.33. The molecular formula is C12H18N2. The highest BCUT2D eigenvalue weighted by atomic mass is 15.1. The van der Waals surface area contributed by atoms with E-state index in [1.54, 1.807) is 0 Å². The monoisotopic (exact) mass is 190 g/mol. The van der Waals surface area contributed by atoms with Crippen LogP contribution in [-0.2, 0) is 0 Å². The summed E-state index contributed by atoms with van der Waals surface area (Å²) in [6.45, 7) is 4.31. The summed E-state index contributed by atoms with van der Waals surface area (Å²) < 4.78 is 0. The van der Waals surface area contributed by atoms with Crippen LogP contribution in [0.3, 0.4) is 0 Å². The van der Waals surface area contributed by atoms with E-state index >= 15 is 0 Å². The SMILES string of the molecule is CC(C)c1ccccc1C(=N)N(C)C. The Hall–Kier alpha value is -1.31. The van der Waals surface area contributed by atoms with Crippen molar-refractivity contribution in [1.29, 1.82) is 5.41 Å². The Labute approximate surface area is 86.1 Å². The van der Waals surface area contributed by atoms with Crippen molar-refractivity contribution in [2.75, 3.05) is 14.1 Å². The summed E-state index contributed by atoms with van der Waals surface area (Å²) in [7, 11) is 3.80. The van der Waals surface area contributed by atoms with Gasteiger partial charge in [0, 0.05) is 19.7 Å². The van der Waals surface area contributed by atoms with Gasteiger partial charge >= 0.3 is 0 Å². The molecule has 1 aromatic rings. The van der Waals surface area contributed by atoms with Gasteiger partial charge in [-0.15, -0.1) is 0 Å². The maximum absolute atomic E-state index is 7.94. The number of benzene rings is 1. The van der Waals surface area contributed by atoms with Gasteiger partial charge in [0.2, 0.25) is 0 Å². The predicted octanol–water partition coefficient (Wildman–Crippen LogP) is 2.70. The number of hydrogen-bond acceptors (Lipinski definition) is 1. The van der Waals surface area contributed by atoms with Gasteiger partial charge in [-0.1, -0.05) is 38.1 Å². The molecule has 1 N–H and O–H groups in total. The maximum Gasteiger partial charge on any atom is 0.127 e. The van der Waals surface area contributed by atoms with E-state index in [0.29, 0.717) is 11.8 Å². The first-order chi connectivity index (χ1) is 6.54. The molecule has 76 valence electrons. The fourth-order valence-electron chi connectivity index (χ4n) is 1.46. The van der Waals surface area contributed by atoms with Crippen LogP contribution < -0.4 is 0 Å². The van der Waals surface area contributed by atoms with Gasteiger partial charge < -0.3 is 4.90 Å². The number of rotatable bonds is 2. The van der Waals surface area contributed by atoms with Gasteiger partial charge in [-0.2, -0.15) is 0 Å². The lowest BCUT2D eigenvalue weighted by Crippen LogP contribution is -2.23. The van der Waals surface area contributed by atoms with E-state index in [2.05, 4.69) is 19.9 Å². The van der Waals surface area contributed by atoms with Crippen LogP contribution in [0.4, 0.5) is 0 Å². The van der Waals surface area contributed by atoms with E-state index in [4.69, 9.17) is 5.41 Å². The number of hydrogen-bond donors (Lipinski definition) is 1. The Balaban J connectivity index is 3.13. The van der Waals surface area contributed by atoms with Crippen molar-refractivity contribution in [3.05, 3.63) is 35.4 Å². The summed E-state index contributed by atoms with van der Waals surface area (Å²) in [5, 5.41) is 7.94. The molecule has 0 saturated heterocycles. The fraction of sp³-hybridized carbons (Fsp3) is 0.417. The summed E-state index contributed by atoms with van der Waals surface area (Å²) in [5.41, 5.74) is 2.28. The average Bonchev–Trinajstić information content (AvgIpc) is 2.16. The van der Waals surface area contributed by atoms with Crippen molar-refractivity contribution in [3.8, 4) is 0 Å². The van der Waals surface area contributed by atoms with Gasteiger partial charge in [-0.05, 0) is 11.5 Å². The minimum Gasteiger partial charge on any atom is -0.363 e. The minimum absolute atomic E-state index is 0.464. The lowest BCUT2D eigenvalue weighted by atomic mass is 9.96. The third-order valence-electron chi connectivity index (χ3n) is 2.29. The molecule has 2 heteroatoms. The molecule has 0 fully saturated rings. The Bertz CT molecular complexity index is 327. The number of nitrogens with one attached hydrogen (secondary N) is 1. The van der Waals surface area contributed by atoms with E-state index in [9.17, 15) is 0 Å². The van der Waals surface area contributed by atoms with Crippen molar-refractivity contribution in [2.24, 2.45) is 0 Å². The minimum atomic E-state index is 0.464. The average molecular weight is 190 g/mol. The third-order valence-corrected chi connectivity index (χ3v) is 2.29. The zero-order chi connectivity index (χ0) is 10.7. The fourth-order valence-corrected chi connectivity index (χ4v) is 1.46. The molecule has 0 aromatic heterocycles. The molecule has 0 saturated carbocycles. The van der Waals surface area contributed by atoms with Crippen LogP contribution in [0.2, 0.25) is 0 Å². The molecule has 0 amide bonds. The quantitative estimate of drug-likeness (QED) is 0.563. The second kappa shape index (κ2) is 4.27. The van der Waals surface area contributed by atoms with Crippen molar-refractivity contribution in [2.45, 2.75) is 19.8 Å². The van der Waals surface area contributed by atoms with E-state index in [1.807, 2.05) is 37.2 Å². The Morgan fingerprint density at radius 3 is 2.29 bits per heavy atom. The lowest BCUT2D eigenvalue weighted by molar-refractivity contribution is 0.617. The molecule has 0 unspecified atom stereocenters. The Morgan fingerprint density at radius 2 is 1.79 bits per heavy atom. The van der Waals surface area contributed by atoms with Crippen LogP contribution in [0.15, 0.2) is 24.3 Å². The molecule has 0 bridgehead atoms. The highest BCUT2D eigenvalue weighted by Crippen LogP contribution is 2.19. The molecule has 0 aliphatic carbocycles. The van der Waals surface area contributed by atoms with Crippen molar-refractivity contribution in [1.82, 2.24) is 4.90 Å². The van der Waals surface area contributed by atoms with Gasteiger partial charge in [0.25, 0.3) is 0 Å². The molecule has 0 aliphatic heterocycles. The highest BCUT2D eigenvalue weighted by Gasteiger charge is 2.10. The van der Waals surface area contributed by atoms with Crippen LogP contribution in [0.25, 0.3) is 0 Å². The molecule has 14 heavy (non-hydrogen) atoms. The van der Waals surface area contributed by atoms with Crippen LogP contribution in [0.1, 0.15) is 30.9 Å². The van der Waals surface area contributed by atoms with E-state index in [1.165, 1.54) is 5.56 Å². The molecule has 1 rings (SSSR count). The zero-order valence-corrected chi connectivity index (χ0v) is 9.33. The van der Waals surface area contributed by atoms with E-state index < -0.39 is 0 Å². The highest BCUT2D eigenvalue weighted by molar-refractivity contribution is 5.97. The number of amidine groups is 1. The van der Waals surface area contributed by atoms with Crippen LogP contribution in [0, 0.1) is 5.41 Å². The van der Waals surface area contributed by atoms with Crippen LogP contribution >= 0.6 is 0 Å². The Morgan fingerprint density at radius 1 is 1.21 bits per heavy atom. The summed E-state index contributed by atoms with van der Waals surface area (Å²) in [6, 6.07) is 8.12. The van der Waals surface area contributed by atoms with E-state index in [-0.39, 0.29) is 0 Å². The van der Waals surface area contributed by atoms with Gasteiger partial charge in [0.1, 0.15) is 5.84 Å². The van der Waals surface area contributed by atoms with Crippen molar-refractivity contribution < 1.29 is 0 Å². The molecule has 1 aromatic carbocycles. The van der Waals surface area contributed by atoms with Gasteiger partial charge in [-0.25, -0.2) is 0 Å². The summed E-state index contributed by atoms with van der Waals surface area (Å²) in [5.74, 6) is 1.04. The molecule has 0 atom stereocenters. The first kappa shape index (κ1) is 10.8. The van der Waals surface area contributed by atoms with E-state index in [0.717, 1.165) is 5.56 Å². The lowest BCUT2D eigenvalue weighted by Gasteiger charge is -2.18. The second-order valence-corrected chi connectivity index (χ2v) is 3.98. The second-order valence-electron chi connectivity index (χ2n) is 3.98. The third kappa shape index (κ3) is 2.13. The van der Waals surface area contributed by atoms with Crippen LogP contribution in [0.5, 0.6) is 0 Å². The van der Waals surface area contributed by atoms with Crippen LogP contribution in [-0.4, -0.2) is 24.8 Å². The van der Waals surface area contributed by atoms with Crippen molar-refractivity contribution >= 4 is 5.84 Å². The summed E-state index contributed by atoms with van der Waals surface area (Å²) >= 11 is 0. The normalized spacial score (nSPS) is 10.4. The number of nitrogens with zero attached hydrogens (tertiary/aromatic N) is 1. The molecule has 0 aliphatic rings. The van der Waals surface area contributed by atoms with Crippen molar-refractivity contribution in [3.63, 3.8) is 0 Å². The van der Waals surface area contributed by atoms with Gasteiger partial charge in [0.05, 0.1) is 0 Å². The largest absolute Gasteiger partial charge is 0.363 e. The topological polar surface area (TPSA) is 27.1 Å². The smallest absolute Gasteiger partial charge is 0.127 e. The summed E-state index contributed by atoms with van der Waals surface area (Å²) in [6.07, 6.45) is 0. The molecule has 0 heterocycles. The predicted molar refractivity (Wildman–Crippen MR) is 61.0 cm³/mol. The standard InChI is InChI=1S/C12H18N2/c1-9(2)10-7-5-6-8-11(10)12(13)14(3)4/h5-9,13H,1-4H3. The molecule has 2 nitrogen and oxygen atoms in total. The molecule has 0 radical (unpaired) electrons.